The highest BCUT2D eigenvalue weighted by Gasteiger charge is 2.33. The Hall–Kier alpha value is -1.86. The molecular formula is C16H14INO7S2. The zero-order valence-corrected chi connectivity index (χ0v) is 18.0. The Labute approximate surface area is 178 Å². The number of carboxylic acid groups (broad SMARTS) is 1. The van der Waals surface area contributed by atoms with Gasteiger partial charge in [-0.25, -0.2) is 4.79 Å². The molecule has 1 aromatic carbocycles. The third-order valence-electron chi connectivity index (χ3n) is 3.28. The summed E-state index contributed by atoms with van der Waals surface area (Å²) in [7, 11) is 2.71. The molecule has 27 heavy (non-hydrogen) atoms. The summed E-state index contributed by atoms with van der Waals surface area (Å²) in [6.45, 7) is -0.751. The van der Waals surface area contributed by atoms with Crippen molar-refractivity contribution in [2.24, 2.45) is 0 Å². The van der Waals surface area contributed by atoms with E-state index in [4.69, 9.17) is 26.8 Å². The molecule has 1 fully saturated rings. The van der Waals surface area contributed by atoms with Crippen molar-refractivity contribution < 1.29 is 33.7 Å². The zero-order chi connectivity index (χ0) is 20.1. The molecule has 1 heterocycles. The van der Waals surface area contributed by atoms with Crippen LogP contribution in [0, 0.1) is 3.57 Å². The molecule has 11 heteroatoms. The number of benzene rings is 1. The Balaban J connectivity index is 2.29. The van der Waals surface area contributed by atoms with Gasteiger partial charge in [0.05, 0.1) is 22.7 Å². The van der Waals surface area contributed by atoms with Crippen molar-refractivity contribution in [2.75, 3.05) is 27.4 Å². The molecule has 144 valence electrons. The highest BCUT2D eigenvalue weighted by molar-refractivity contribution is 14.1. The first-order valence-electron chi connectivity index (χ1n) is 7.31. The van der Waals surface area contributed by atoms with Crippen molar-refractivity contribution in [1.29, 1.82) is 0 Å². The number of thiocarbonyl (C=S) groups is 1. The number of ether oxygens (including phenoxy) is 3. The predicted molar refractivity (Wildman–Crippen MR) is 111 cm³/mol. The largest absolute Gasteiger partial charge is 0.493 e. The summed E-state index contributed by atoms with van der Waals surface area (Å²) in [5, 5.41) is 8.88. The summed E-state index contributed by atoms with van der Waals surface area (Å²) < 4.78 is 16.1. The number of esters is 1. The first-order chi connectivity index (χ1) is 12.8. The average molecular weight is 523 g/mol. The van der Waals surface area contributed by atoms with Crippen LogP contribution in [0.2, 0.25) is 0 Å². The maximum absolute atomic E-state index is 12.3. The lowest BCUT2D eigenvalue weighted by Gasteiger charge is -2.13. The van der Waals surface area contributed by atoms with Gasteiger partial charge in [0.2, 0.25) is 0 Å². The quantitative estimate of drug-likeness (QED) is 0.249. The number of carboxylic acids is 1. The number of methoxy groups -OCH3 is 2. The number of carbonyl (C=O) groups excluding carboxylic acids is 2. The standard InChI is InChI=1S/C16H14INO7S2/c1-23-10-4-8(3-9(17)14(10)25-7-13(21)24-2)5-11-15(22)18(6-12(19)20)16(26)27-11/h3-5H,6-7H2,1-2H3,(H,19,20)/b11-5+. The zero-order valence-electron chi connectivity index (χ0n) is 14.2. The summed E-state index contributed by atoms with van der Waals surface area (Å²) in [5.41, 5.74) is 0.637. The molecule has 2 rings (SSSR count). The van der Waals surface area contributed by atoms with Gasteiger partial charge in [0.25, 0.3) is 5.91 Å². The van der Waals surface area contributed by atoms with Crippen molar-refractivity contribution in [3.63, 3.8) is 0 Å². The molecule has 0 radical (unpaired) electrons. The summed E-state index contributed by atoms with van der Waals surface area (Å²) >= 11 is 8.12. The maximum Gasteiger partial charge on any atom is 0.343 e. The summed E-state index contributed by atoms with van der Waals surface area (Å²) in [6.07, 6.45) is 1.59. The molecule has 0 saturated carbocycles. The van der Waals surface area contributed by atoms with E-state index >= 15 is 0 Å². The van der Waals surface area contributed by atoms with Gasteiger partial charge in [-0.2, -0.15) is 0 Å². The van der Waals surface area contributed by atoms with E-state index in [9.17, 15) is 14.4 Å². The van der Waals surface area contributed by atoms with E-state index < -0.39 is 24.4 Å². The lowest BCUT2D eigenvalue weighted by Crippen LogP contribution is -2.33. The van der Waals surface area contributed by atoms with Gasteiger partial charge in [0.15, 0.2) is 18.1 Å². The van der Waals surface area contributed by atoms with Crippen molar-refractivity contribution >= 4 is 74.8 Å². The lowest BCUT2D eigenvalue weighted by molar-refractivity contribution is -0.143. The van der Waals surface area contributed by atoms with Crippen LogP contribution in [0.4, 0.5) is 0 Å². The van der Waals surface area contributed by atoms with Gasteiger partial charge in [-0.1, -0.05) is 24.0 Å². The summed E-state index contributed by atoms with van der Waals surface area (Å²) in [5.74, 6) is -1.39. The Morgan fingerprint density at radius 1 is 1.37 bits per heavy atom. The minimum absolute atomic E-state index is 0.188. The third kappa shape index (κ3) is 5.32. The van der Waals surface area contributed by atoms with Crippen LogP contribution in [0.5, 0.6) is 11.5 Å². The Morgan fingerprint density at radius 2 is 2.07 bits per heavy atom. The normalized spacial score (nSPS) is 15.2. The number of thioether (sulfide) groups is 1. The van der Waals surface area contributed by atoms with E-state index in [0.29, 0.717) is 25.5 Å². The third-order valence-corrected chi connectivity index (χ3v) is 5.46. The lowest BCUT2D eigenvalue weighted by atomic mass is 10.2. The van der Waals surface area contributed by atoms with Gasteiger partial charge in [0, 0.05) is 0 Å². The predicted octanol–water partition coefficient (Wildman–Crippen LogP) is 2.14. The number of nitrogens with zero attached hydrogens (tertiary/aromatic N) is 1. The fraction of sp³-hybridized carbons (Fsp3) is 0.250. The van der Waals surface area contributed by atoms with Gasteiger partial charge in [0.1, 0.15) is 10.9 Å². The van der Waals surface area contributed by atoms with E-state index in [0.717, 1.165) is 16.7 Å². The molecule has 0 atom stereocenters. The average Bonchev–Trinajstić information content (AvgIpc) is 2.87. The van der Waals surface area contributed by atoms with Crippen LogP contribution in [0.1, 0.15) is 5.56 Å². The maximum atomic E-state index is 12.3. The Morgan fingerprint density at radius 3 is 2.67 bits per heavy atom. The van der Waals surface area contributed by atoms with Crippen LogP contribution >= 0.6 is 46.6 Å². The van der Waals surface area contributed by atoms with Crippen LogP contribution in [0.15, 0.2) is 17.0 Å². The molecule has 0 bridgehead atoms. The molecule has 1 aliphatic rings. The van der Waals surface area contributed by atoms with E-state index in [-0.39, 0.29) is 10.9 Å². The van der Waals surface area contributed by atoms with Crippen LogP contribution < -0.4 is 9.47 Å². The number of amides is 1. The van der Waals surface area contributed by atoms with Gasteiger partial charge in [-0.05, 0) is 46.4 Å². The number of rotatable bonds is 7. The minimum Gasteiger partial charge on any atom is -0.493 e. The highest BCUT2D eigenvalue weighted by atomic mass is 127. The second-order valence-corrected chi connectivity index (χ2v) is 7.90. The first-order valence-corrected chi connectivity index (χ1v) is 9.61. The second-order valence-electron chi connectivity index (χ2n) is 5.06. The molecule has 1 aromatic rings. The second kappa shape index (κ2) is 9.37. The van der Waals surface area contributed by atoms with Crippen molar-refractivity contribution in [3.8, 4) is 11.5 Å². The number of carbonyl (C=O) groups is 3. The monoisotopic (exact) mass is 523 g/mol. The van der Waals surface area contributed by atoms with E-state index in [1.165, 1.54) is 14.2 Å². The summed E-state index contributed by atoms with van der Waals surface area (Å²) in [4.78, 5) is 35.8. The SMILES string of the molecule is COC(=O)COc1c(I)cc(/C=C2/SC(=S)N(CC(=O)O)C2=O)cc1OC. The molecule has 1 N–H and O–H groups in total. The molecule has 0 unspecified atom stereocenters. The molecule has 1 saturated heterocycles. The number of hydrogen-bond acceptors (Lipinski definition) is 8. The molecule has 0 aromatic heterocycles. The smallest absolute Gasteiger partial charge is 0.343 e. The number of hydrogen-bond donors (Lipinski definition) is 1. The number of aliphatic carboxylic acids is 1. The van der Waals surface area contributed by atoms with E-state index in [1.54, 1.807) is 18.2 Å². The fourth-order valence-electron chi connectivity index (χ4n) is 2.08. The van der Waals surface area contributed by atoms with Gasteiger partial charge in [-0.3, -0.25) is 14.5 Å². The van der Waals surface area contributed by atoms with Gasteiger partial charge in [-0.15, -0.1) is 0 Å². The van der Waals surface area contributed by atoms with E-state index in [2.05, 4.69) is 4.74 Å². The molecule has 0 aliphatic carbocycles. The molecule has 8 nitrogen and oxygen atoms in total. The van der Waals surface area contributed by atoms with Crippen LogP contribution in [-0.4, -0.2) is 59.5 Å². The van der Waals surface area contributed by atoms with Crippen LogP contribution in [-0.2, 0) is 19.1 Å². The Bertz CT molecular complexity index is 840. The summed E-state index contributed by atoms with van der Waals surface area (Å²) in [6, 6.07) is 3.37. The van der Waals surface area contributed by atoms with Crippen molar-refractivity contribution in [1.82, 2.24) is 4.90 Å². The Kier molecular flexibility index (Phi) is 7.44. The van der Waals surface area contributed by atoms with Gasteiger partial charge < -0.3 is 19.3 Å². The van der Waals surface area contributed by atoms with Crippen LogP contribution in [0.25, 0.3) is 6.08 Å². The highest BCUT2D eigenvalue weighted by Crippen LogP contribution is 2.37. The van der Waals surface area contributed by atoms with Crippen LogP contribution in [0.3, 0.4) is 0 Å². The van der Waals surface area contributed by atoms with Gasteiger partial charge >= 0.3 is 11.9 Å². The minimum atomic E-state index is -1.14. The van der Waals surface area contributed by atoms with Crippen molar-refractivity contribution in [2.45, 2.75) is 0 Å². The molecule has 1 amide bonds. The first kappa shape index (κ1) is 21.4. The fourth-order valence-corrected chi connectivity index (χ4v) is 4.11. The van der Waals surface area contributed by atoms with E-state index in [1.807, 2.05) is 22.6 Å². The molecular weight excluding hydrogens is 509 g/mol. The molecule has 1 aliphatic heterocycles. The van der Waals surface area contributed by atoms with Crippen molar-refractivity contribution in [3.05, 3.63) is 26.2 Å². The number of halogens is 1. The molecule has 0 spiro atoms. The topological polar surface area (TPSA) is 102 Å².